The standard InChI is InChI=1S/C23H25ClN4O2S/c1-23(15-25-21(29)19-8-9-20(24)31-19)14-18(26-30-23)16-4-6-17(7-5-16)22(27-10-2-11-27)28-12-3-13-28/h4-9H,2-3,10-15H2,1H3. The Morgan fingerprint density at radius 1 is 1.23 bits per heavy atom. The third kappa shape index (κ3) is 4.21. The van der Waals surface area contributed by atoms with Crippen LogP contribution >= 0.6 is 22.9 Å². The number of likely N-dealkylation sites (tertiary alicyclic amines) is 1. The van der Waals surface area contributed by atoms with Crippen LogP contribution in [0.15, 0.2) is 46.5 Å². The van der Waals surface area contributed by atoms with E-state index in [4.69, 9.17) is 16.4 Å². The first-order chi connectivity index (χ1) is 15.0. The summed E-state index contributed by atoms with van der Waals surface area (Å²) in [6, 6.07) is 12.0. The van der Waals surface area contributed by atoms with Crippen LogP contribution in [0, 0.1) is 0 Å². The van der Waals surface area contributed by atoms with E-state index < -0.39 is 5.60 Å². The fourth-order valence-electron chi connectivity index (χ4n) is 4.00. The molecule has 2 aromatic rings. The Kier molecular flexibility index (Phi) is 5.48. The van der Waals surface area contributed by atoms with Crippen molar-refractivity contribution in [2.75, 3.05) is 32.7 Å². The molecule has 6 nitrogen and oxygen atoms in total. The summed E-state index contributed by atoms with van der Waals surface area (Å²) in [5.41, 5.74) is 2.60. The van der Waals surface area contributed by atoms with Gasteiger partial charge in [-0.3, -0.25) is 14.5 Å². The van der Waals surface area contributed by atoms with Crippen molar-refractivity contribution in [3.63, 3.8) is 0 Å². The normalized spacial score (nSPS) is 23.2. The highest BCUT2D eigenvalue weighted by Gasteiger charge is 2.35. The minimum absolute atomic E-state index is 0.258. The average molecular weight is 457 g/mol. The van der Waals surface area contributed by atoms with Crippen molar-refractivity contribution in [1.82, 2.24) is 4.90 Å². The topological polar surface area (TPSA) is 63.3 Å². The van der Waals surface area contributed by atoms with Gasteiger partial charge in [0, 0.05) is 24.1 Å². The number of aliphatic imine (C=N–C) groups is 1. The van der Waals surface area contributed by atoms with Gasteiger partial charge in [-0.25, -0.2) is 0 Å². The quantitative estimate of drug-likeness (QED) is 0.395. The zero-order valence-corrected chi connectivity index (χ0v) is 19.1. The second kappa shape index (κ2) is 8.28. The lowest BCUT2D eigenvalue weighted by Gasteiger charge is -2.31. The van der Waals surface area contributed by atoms with E-state index in [2.05, 4.69) is 43.9 Å². The maximum Gasteiger partial charge on any atom is 0.279 e. The number of oxime groups is 1. The largest absolute Gasteiger partial charge is 0.858 e. The molecule has 1 aromatic heterocycles. The third-order valence-corrected chi connectivity index (χ3v) is 7.27. The lowest BCUT2D eigenvalue weighted by molar-refractivity contribution is -0.587. The van der Waals surface area contributed by atoms with Crippen molar-refractivity contribution in [3.05, 3.63) is 56.7 Å². The van der Waals surface area contributed by atoms with Crippen LogP contribution in [-0.4, -0.2) is 65.2 Å². The third-order valence-electron chi connectivity index (χ3n) is 6.05. The van der Waals surface area contributed by atoms with Crippen LogP contribution in [0.2, 0.25) is 4.34 Å². The monoisotopic (exact) mass is 456 g/mol. The van der Waals surface area contributed by atoms with Gasteiger partial charge in [0.1, 0.15) is 0 Å². The second-order valence-corrected chi connectivity index (χ2v) is 10.3. The van der Waals surface area contributed by atoms with Crippen molar-refractivity contribution in [3.8, 4) is 0 Å². The minimum Gasteiger partial charge on any atom is -0.858 e. The molecule has 4 heterocycles. The molecule has 8 heteroatoms. The molecule has 3 aliphatic rings. The molecule has 1 aromatic carbocycles. The molecule has 2 fully saturated rings. The smallest absolute Gasteiger partial charge is 0.279 e. The van der Waals surface area contributed by atoms with Crippen molar-refractivity contribution in [2.45, 2.75) is 31.8 Å². The molecule has 0 N–H and O–H groups in total. The van der Waals surface area contributed by atoms with E-state index in [1.165, 1.54) is 35.6 Å². The minimum atomic E-state index is -0.614. The Balaban J connectivity index is 1.26. The number of halogens is 1. The van der Waals surface area contributed by atoms with Crippen molar-refractivity contribution < 1.29 is 14.5 Å². The van der Waals surface area contributed by atoms with E-state index in [1.807, 2.05) is 6.92 Å². The van der Waals surface area contributed by atoms with Crippen molar-refractivity contribution in [1.29, 1.82) is 0 Å². The number of amidine groups is 1. The van der Waals surface area contributed by atoms with E-state index in [9.17, 15) is 5.11 Å². The molecule has 0 saturated carbocycles. The van der Waals surface area contributed by atoms with Gasteiger partial charge in [0.05, 0.1) is 48.3 Å². The molecule has 1 unspecified atom stereocenters. The summed E-state index contributed by atoms with van der Waals surface area (Å²) in [5.74, 6) is 1.10. The van der Waals surface area contributed by atoms with Crippen LogP contribution < -0.4 is 5.11 Å². The van der Waals surface area contributed by atoms with Crippen LogP contribution in [0.3, 0.4) is 0 Å². The van der Waals surface area contributed by atoms with Gasteiger partial charge < -0.3 is 9.94 Å². The van der Waals surface area contributed by atoms with Crippen LogP contribution in [-0.2, 0) is 4.84 Å². The summed E-state index contributed by atoms with van der Waals surface area (Å²) >= 11 is 7.15. The van der Waals surface area contributed by atoms with Crippen LogP contribution in [0.5, 0.6) is 0 Å². The Hall–Kier alpha value is -2.38. The summed E-state index contributed by atoms with van der Waals surface area (Å²) in [6.45, 7) is 6.78. The number of rotatable bonds is 5. The molecule has 0 amide bonds. The number of nitrogens with zero attached hydrogens (tertiary/aromatic N) is 4. The molecule has 5 rings (SSSR count). The van der Waals surface area contributed by atoms with E-state index in [1.54, 1.807) is 12.1 Å². The summed E-state index contributed by atoms with van der Waals surface area (Å²) in [5, 5.41) is 16.6. The van der Waals surface area contributed by atoms with Gasteiger partial charge in [0.2, 0.25) is 0 Å². The Morgan fingerprint density at radius 2 is 2.00 bits per heavy atom. The second-order valence-electron chi connectivity index (χ2n) is 8.56. The zero-order valence-electron chi connectivity index (χ0n) is 17.5. The van der Waals surface area contributed by atoms with Gasteiger partial charge in [0.25, 0.3) is 5.84 Å². The molecule has 0 radical (unpaired) electrons. The van der Waals surface area contributed by atoms with Crippen LogP contribution in [0.1, 0.15) is 42.2 Å². The Morgan fingerprint density at radius 3 is 2.58 bits per heavy atom. The van der Waals surface area contributed by atoms with Gasteiger partial charge in [-0.05, 0) is 42.7 Å². The van der Waals surface area contributed by atoms with Gasteiger partial charge in [0.15, 0.2) is 5.60 Å². The van der Waals surface area contributed by atoms with E-state index in [0.29, 0.717) is 15.6 Å². The fraction of sp³-hybridized carbons (Fsp3) is 0.435. The molecular formula is C23H25ClN4O2S. The number of hydrogen-bond acceptors (Lipinski definition) is 5. The van der Waals surface area contributed by atoms with E-state index >= 15 is 0 Å². The molecule has 31 heavy (non-hydrogen) atoms. The van der Waals surface area contributed by atoms with Gasteiger partial charge in [-0.1, -0.05) is 28.9 Å². The van der Waals surface area contributed by atoms with E-state index in [-0.39, 0.29) is 12.4 Å². The van der Waals surface area contributed by atoms with Gasteiger partial charge >= 0.3 is 0 Å². The molecule has 0 aliphatic carbocycles. The Labute approximate surface area is 191 Å². The zero-order chi connectivity index (χ0) is 21.4. The molecule has 1 atom stereocenters. The predicted octanol–water partition coefficient (Wildman–Crippen LogP) is 2.96. The molecule has 0 spiro atoms. The lowest BCUT2D eigenvalue weighted by Crippen LogP contribution is -2.49. The van der Waals surface area contributed by atoms with Crippen LogP contribution in [0.25, 0.3) is 0 Å². The molecule has 2 saturated heterocycles. The van der Waals surface area contributed by atoms with Gasteiger partial charge in [-0.2, -0.15) is 0 Å². The molecule has 0 bridgehead atoms. The van der Waals surface area contributed by atoms with Crippen molar-refractivity contribution in [2.24, 2.45) is 10.1 Å². The first-order valence-electron chi connectivity index (χ1n) is 10.7. The van der Waals surface area contributed by atoms with Crippen LogP contribution in [0.4, 0.5) is 0 Å². The summed E-state index contributed by atoms with van der Waals surface area (Å²) in [4.78, 5) is 12.9. The maximum atomic E-state index is 12.3. The number of benzene rings is 1. The van der Waals surface area contributed by atoms with Gasteiger partial charge in [-0.15, -0.1) is 11.3 Å². The highest BCUT2D eigenvalue weighted by Crippen LogP contribution is 2.28. The highest BCUT2D eigenvalue weighted by atomic mass is 35.5. The fourth-order valence-corrected chi connectivity index (χ4v) is 4.95. The first-order valence-corrected chi connectivity index (χ1v) is 11.9. The van der Waals surface area contributed by atoms with E-state index in [0.717, 1.165) is 37.5 Å². The summed E-state index contributed by atoms with van der Waals surface area (Å²) in [7, 11) is 0. The highest BCUT2D eigenvalue weighted by molar-refractivity contribution is 7.17. The number of thiophene rings is 1. The maximum absolute atomic E-state index is 12.3. The average Bonchev–Trinajstić information content (AvgIpc) is 3.30. The Bertz CT molecular complexity index is 1070. The molecule has 3 aliphatic heterocycles. The SMILES string of the molecule is CC1(CN=C([O-])c2ccc(Cl)s2)CC(c2ccc(C(N3CCC3)=[N+]3CCC3)cc2)=NO1. The summed E-state index contributed by atoms with van der Waals surface area (Å²) in [6.07, 6.45) is 3.16. The molecular weight excluding hydrogens is 432 g/mol. The first kappa shape index (κ1) is 20.5. The number of hydrogen-bond donors (Lipinski definition) is 0. The summed E-state index contributed by atoms with van der Waals surface area (Å²) < 4.78 is 3.06. The predicted molar refractivity (Wildman–Crippen MR) is 123 cm³/mol. The van der Waals surface area contributed by atoms with Crippen molar-refractivity contribution >= 4 is 40.4 Å². The molecule has 162 valence electrons. The lowest BCUT2D eigenvalue weighted by atomic mass is 9.95.